The van der Waals surface area contributed by atoms with Crippen LogP contribution < -0.4 is 5.73 Å². The number of nitro groups is 1. The van der Waals surface area contributed by atoms with Crippen molar-refractivity contribution < 1.29 is 4.92 Å². The summed E-state index contributed by atoms with van der Waals surface area (Å²) in [5.74, 6) is 0.0477. The van der Waals surface area contributed by atoms with Gasteiger partial charge in [0.1, 0.15) is 5.69 Å². The van der Waals surface area contributed by atoms with Crippen LogP contribution in [0.1, 0.15) is 5.69 Å². The smallest absolute Gasteiger partial charge is 0.317 e. The zero-order valence-corrected chi connectivity index (χ0v) is 9.19. The van der Waals surface area contributed by atoms with Crippen molar-refractivity contribution in [2.75, 3.05) is 5.73 Å². The van der Waals surface area contributed by atoms with E-state index in [2.05, 4.69) is 9.97 Å². The molecule has 16 heavy (non-hydrogen) atoms. The van der Waals surface area contributed by atoms with Crippen molar-refractivity contribution in [3.05, 3.63) is 33.3 Å². The molecule has 0 aliphatic rings. The van der Waals surface area contributed by atoms with Crippen molar-refractivity contribution in [3.8, 4) is 10.6 Å². The normalized spacial score (nSPS) is 10.3. The van der Waals surface area contributed by atoms with E-state index in [-0.39, 0.29) is 23.0 Å². The first-order chi connectivity index (χ1) is 7.59. The summed E-state index contributed by atoms with van der Waals surface area (Å²) in [6.07, 6.45) is 0. The molecular weight excluding hydrogens is 228 g/mol. The van der Waals surface area contributed by atoms with Crippen LogP contribution in [-0.2, 0) is 0 Å². The molecule has 0 spiro atoms. The maximum Gasteiger partial charge on any atom is 0.317 e. The van der Waals surface area contributed by atoms with Crippen LogP contribution in [0.3, 0.4) is 0 Å². The summed E-state index contributed by atoms with van der Waals surface area (Å²) in [6, 6.07) is 3.57. The van der Waals surface area contributed by atoms with Gasteiger partial charge in [0, 0.05) is 0 Å². The lowest BCUT2D eigenvalue weighted by Gasteiger charge is -2.03. The Balaban J connectivity index is 2.72. The van der Waals surface area contributed by atoms with Crippen LogP contribution in [0.25, 0.3) is 10.6 Å². The van der Waals surface area contributed by atoms with Gasteiger partial charge in [0.15, 0.2) is 5.69 Å². The topological polar surface area (TPSA) is 94.9 Å². The first kappa shape index (κ1) is 10.5. The number of nitrogens with zero attached hydrogens (tertiary/aromatic N) is 3. The molecule has 2 aromatic rings. The van der Waals surface area contributed by atoms with Gasteiger partial charge in [0.2, 0.25) is 5.95 Å². The Morgan fingerprint density at radius 3 is 2.81 bits per heavy atom. The number of hydrogen-bond donors (Lipinski definition) is 1. The molecule has 0 amide bonds. The van der Waals surface area contributed by atoms with Crippen molar-refractivity contribution >= 4 is 23.0 Å². The largest absolute Gasteiger partial charge is 0.368 e. The fourth-order valence-corrected chi connectivity index (χ4v) is 2.11. The predicted octanol–water partition coefficient (Wildman–Crippen LogP) is 2.00. The molecule has 2 aromatic heterocycles. The molecule has 0 aliphatic heterocycles. The second kappa shape index (κ2) is 3.86. The SMILES string of the molecule is Cc1nc(N)nc(-c2cccs2)c1[N+](=O)[O-]. The van der Waals surface area contributed by atoms with Crippen LogP contribution in [0.5, 0.6) is 0 Å². The Hall–Kier alpha value is -2.02. The first-order valence-electron chi connectivity index (χ1n) is 4.42. The number of rotatable bonds is 2. The third kappa shape index (κ3) is 1.72. The fraction of sp³-hybridized carbons (Fsp3) is 0.111. The number of nitrogens with two attached hydrogens (primary N) is 1. The molecule has 0 aliphatic carbocycles. The summed E-state index contributed by atoms with van der Waals surface area (Å²) in [4.78, 5) is 18.9. The van der Waals surface area contributed by atoms with Gasteiger partial charge in [0.05, 0.1) is 9.80 Å². The molecule has 0 saturated carbocycles. The molecule has 2 rings (SSSR count). The third-order valence-corrected chi connectivity index (χ3v) is 2.89. The molecule has 0 fully saturated rings. The number of anilines is 1. The van der Waals surface area contributed by atoms with Gasteiger partial charge in [-0.05, 0) is 18.4 Å². The van der Waals surface area contributed by atoms with E-state index in [1.807, 2.05) is 5.38 Å². The van der Waals surface area contributed by atoms with E-state index in [1.54, 1.807) is 19.1 Å². The van der Waals surface area contributed by atoms with E-state index in [1.165, 1.54) is 11.3 Å². The lowest BCUT2D eigenvalue weighted by molar-refractivity contribution is -0.385. The third-order valence-electron chi connectivity index (χ3n) is 2.01. The van der Waals surface area contributed by atoms with E-state index >= 15 is 0 Å². The standard InChI is InChI=1S/C9H8N4O2S/c1-5-8(13(14)15)7(12-9(10)11-5)6-3-2-4-16-6/h2-4H,1H3,(H2,10,11,12). The number of aromatic nitrogens is 2. The lowest BCUT2D eigenvalue weighted by Crippen LogP contribution is -2.04. The van der Waals surface area contributed by atoms with Gasteiger partial charge in [-0.3, -0.25) is 10.1 Å². The molecule has 7 heteroatoms. The van der Waals surface area contributed by atoms with Gasteiger partial charge in [-0.15, -0.1) is 11.3 Å². The van der Waals surface area contributed by atoms with Gasteiger partial charge in [-0.1, -0.05) is 6.07 Å². The predicted molar refractivity (Wildman–Crippen MR) is 61.1 cm³/mol. The van der Waals surface area contributed by atoms with E-state index in [4.69, 9.17) is 5.73 Å². The zero-order chi connectivity index (χ0) is 11.7. The molecule has 82 valence electrons. The molecule has 0 aromatic carbocycles. The maximum absolute atomic E-state index is 10.9. The number of aryl methyl sites for hydroxylation is 1. The van der Waals surface area contributed by atoms with Crippen molar-refractivity contribution in [2.45, 2.75) is 6.92 Å². The van der Waals surface area contributed by atoms with Gasteiger partial charge in [0.25, 0.3) is 0 Å². The van der Waals surface area contributed by atoms with Gasteiger partial charge < -0.3 is 5.73 Å². The van der Waals surface area contributed by atoms with Crippen LogP contribution in [0.2, 0.25) is 0 Å². The monoisotopic (exact) mass is 236 g/mol. The molecule has 6 nitrogen and oxygen atoms in total. The van der Waals surface area contributed by atoms with Crippen LogP contribution in [0.4, 0.5) is 11.6 Å². The Morgan fingerprint density at radius 2 is 2.25 bits per heavy atom. The molecule has 0 unspecified atom stereocenters. The Kier molecular flexibility index (Phi) is 2.53. The quantitative estimate of drug-likeness (QED) is 0.635. The molecule has 2 heterocycles. The average Bonchev–Trinajstić information content (AvgIpc) is 2.67. The lowest BCUT2D eigenvalue weighted by atomic mass is 10.2. The van der Waals surface area contributed by atoms with Crippen molar-refractivity contribution in [2.24, 2.45) is 0 Å². The molecule has 0 saturated heterocycles. The van der Waals surface area contributed by atoms with Gasteiger partial charge in [-0.25, -0.2) is 9.97 Å². The fourth-order valence-electron chi connectivity index (χ4n) is 1.39. The average molecular weight is 236 g/mol. The number of hydrogen-bond acceptors (Lipinski definition) is 6. The first-order valence-corrected chi connectivity index (χ1v) is 5.30. The highest BCUT2D eigenvalue weighted by Crippen LogP contribution is 2.33. The van der Waals surface area contributed by atoms with E-state index in [0.29, 0.717) is 4.88 Å². The van der Waals surface area contributed by atoms with Crippen LogP contribution in [0, 0.1) is 17.0 Å². The van der Waals surface area contributed by atoms with Crippen molar-refractivity contribution in [3.63, 3.8) is 0 Å². The summed E-state index contributed by atoms with van der Waals surface area (Å²) in [6.45, 7) is 1.55. The molecule has 0 atom stereocenters. The molecule has 2 N–H and O–H groups in total. The van der Waals surface area contributed by atoms with Crippen LogP contribution in [0.15, 0.2) is 17.5 Å². The summed E-state index contributed by atoms with van der Waals surface area (Å²) < 4.78 is 0. The number of nitrogen functional groups attached to an aromatic ring is 1. The molecular formula is C9H8N4O2S. The highest BCUT2D eigenvalue weighted by Gasteiger charge is 2.22. The minimum Gasteiger partial charge on any atom is -0.368 e. The minimum atomic E-state index is -0.482. The molecule has 0 bridgehead atoms. The summed E-state index contributed by atoms with van der Waals surface area (Å²) in [7, 11) is 0. The highest BCUT2D eigenvalue weighted by molar-refractivity contribution is 7.13. The van der Waals surface area contributed by atoms with E-state index < -0.39 is 4.92 Å². The Labute approximate surface area is 94.9 Å². The van der Waals surface area contributed by atoms with Crippen molar-refractivity contribution in [1.82, 2.24) is 9.97 Å². The maximum atomic E-state index is 10.9. The highest BCUT2D eigenvalue weighted by atomic mass is 32.1. The minimum absolute atomic E-state index is 0.0477. The number of thiophene rings is 1. The van der Waals surface area contributed by atoms with Gasteiger partial charge >= 0.3 is 5.69 Å². The Morgan fingerprint density at radius 1 is 1.50 bits per heavy atom. The Bertz CT molecular complexity index is 539. The van der Waals surface area contributed by atoms with E-state index in [9.17, 15) is 10.1 Å². The van der Waals surface area contributed by atoms with E-state index in [0.717, 1.165) is 0 Å². The van der Waals surface area contributed by atoms with Crippen LogP contribution >= 0.6 is 11.3 Å². The second-order valence-electron chi connectivity index (χ2n) is 3.10. The summed E-state index contributed by atoms with van der Waals surface area (Å²) in [5, 5.41) is 12.8. The summed E-state index contributed by atoms with van der Waals surface area (Å²) >= 11 is 1.37. The van der Waals surface area contributed by atoms with Crippen LogP contribution in [-0.4, -0.2) is 14.9 Å². The zero-order valence-electron chi connectivity index (χ0n) is 8.38. The van der Waals surface area contributed by atoms with Crippen molar-refractivity contribution in [1.29, 1.82) is 0 Å². The summed E-state index contributed by atoms with van der Waals surface area (Å²) in [5.41, 5.74) is 5.97. The van der Waals surface area contributed by atoms with Gasteiger partial charge in [-0.2, -0.15) is 0 Å². The second-order valence-corrected chi connectivity index (χ2v) is 4.05. The molecule has 0 radical (unpaired) electrons.